The Hall–Kier alpha value is -0.650. The van der Waals surface area contributed by atoms with E-state index in [1.54, 1.807) is 7.11 Å². The van der Waals surface area contributed by atoms with Crippen LogP contribution in [0.25, 0.3) is 0 Å². The normalized spacial score (nSPS) is 19.7. The fraction of sp³-hybridized carbons (Fsp3) is 0.923. The van der Waals surface area contributed by atoms with Gasteiger partial charge in [0.25, 0.3) is 0 Å². The van der Waals surface area contributed by atoms with Gasteiger partial charge in [0.1, 0.15) is 0 Å². The summed E-state index contributed by atoms with van der Waals surface area (Å²) in [5, 5.41) is 6.07. The van der Waals surface area contributed by atoms with E-state index >= 15 is 0 Å². The summed E-state index contributed by atoms with van der Waals surface area (Å²) in [7, 11) is 3.79. The number of piperidine rings is 1. The number of likely N-dealkylation sites (tertiary alicyclic amines) is 1. The number of hydrogen-bond acceptors (Lipinski definition) is 4. The highest BCUT2D eigenvalue weighted by Gasteiger charge is 2.28. The van der Waals surface area contributed by atoms with Crippen LogP contribution in [0.1, 0.15) is 19.8 Å². The molecule has 0 aromatic carbocycles. The number of methoxy groups -OCH3 is 1. The molecule has 5 nitrogen and oxygen atoms in total. The zero-order chi connectivity index (χ0) is 13.4. The van der Waals surface area contributed by atoms with Crippen molar-refractivity contribution in [2.75, 3.05) is 53.5 Å². The van der Waals surface area contributed by atoms with Gasteiger partial charge < -0.3 is 20.3 Å². The Kier molecular flexibility index (Phi) is 6.60. The molecule has 1 fully saturated rings. The third kappa shape index (κ3) is 5.80. The van der Waals surface area contributed by atoms with Crippen molar-refractivity contribution in [2.45, 2.75) is 19.8 Å². The van der Waals surface area contributed by atoms with Gasteiger partial charge >= 0.3 is 0 Å². The Bertz CT molecular complexity index is 251. The van der Waals surface area contributed by atoms with E-state index < -0.39 is 0 Å². The van der Waals surface area contributed by atoms with Gasteiger partial charge in [-0.2, -0.15) is 0 Å². The average molecular weight is 257 g/mol. The smallest absolute Gasteiger partial charge is 0.234 e. The Morgan fingerprint density at radius 3 is 2.67 bits per heavy atom. The molecule has 0 aliphatic carbocycles. The minimum Gasteiger partial charge on any atom is -0.383 e. The second kappa shape index (κ2) is 7.71. The van der Waals surface area contributed by atoms with Crippen LogP contribution in [0.15, 0.2) is 0 Å². The summed E-state index contributed by atoms with van der Waals surface area (Å²) >= 11 is 0. The molecule has 1 aliphatic heterocycles. The van der Waals surface area contributed by atoms with Gasteiger partial charge in [0.2, 0.25) is 5.91 Å². The van der Waals surface area contributed by atoms with Crippen LogP contribution in [0.5, 0.6) is 0 Å². The first-order valence-electron chi connectivity index (χ1n) is 6.71. The van der Waals surface area contributed by atoms with Crippen molar-refractivity contribution in [3.63, 3.8) is 0 Å². The highest BCUT2D eigenvalue weighted by molar-refractivity contribution is 5.77. The second-order valence-corrected chi connectivity index (χ2v) is 5.56. The lowest BCUT2D eigenvalue weighted by Gasteiger charge is -2.38. The monoisotopic (exact) mass is 257 g/mol. The molecule has 0 aromatic rings. The van der Waals surface area contributed by atoms with E-state index in [4.69, 9.17) is 4.74 Å². The lowest BCUT2D eigenvalue weighted by atomic mass is 9.80. The molecule has 1 rings (SSSR count). The first kappa shape index (κ1) is 15.4. The summed E-state index contributed by atoms with van der Waals surface area (Å²) in [6, 6.07) is 0. The van der Waals surface area contributed by atoms with Crippen molar-refractivity contribution in [1.82, 2.24) is 15.5 Å². The van der Waals surface area contributed by atoms with E-state index in [-0.39, 0.29) is 5.91 Å². The maximum Gasteiger partial charge on any atom is 0.234 e. The third-order valence-corrected chi connectivity index (χ3v) is 3.66. The van der Waals surface area contributed by atoms with E-state index in [0.29, 0.717) is 25.1 Å². The van der Waals surface area contributed by atoms with Crippen molar-refractivity contribution in [3.05, 3.63) is 0 Å². The summed E-state index contributed by atoms with van der Waals surface area (Å²) < 4.78 is 4.88. The number of rotatable bonds is 7. The Labute approximate surface area is 110 Å². The lowest BCUT2D eigenvalue weighted by molar-refractivity contribution is -0.120. The minimum absolute atomic E-state index is 0.0450. The van der Waals surface area contributed by atoms with Gasteiger partial charge in [-0.15, -0.1) is 0 Å². The minimum atomic E-state index is 0.0450. The third-order valence-electron chi connectivity index (χ3n) is 3.66. The number of carbonyl (C=O) groups is 1. The van der Waals surface area contributed by atoms with Gasteiger partial charge in [0.15, 0.2) is 0 Å². The van der Waals surface area contributed by atoms with Crippen LogP contribution < -0.4 is 10.6 Å². The summed E-state index contributed by atoms with van der Waals surface area (Å²) in [5.41, 5.74) is 0.333. The van der Waals surface area contributed by atoms with Crippen LogP contribution in [0, 0.1) is 5.41 Å². The quantitative estimate of drug-likeness (QED) is 0.634. The zero-order valence-electron chi connectivity index (χ0n) is 11.9. The van der Waals surface area contributed by atoms with Crippen molar-refractivity contribution < 1.29 is 9.53 Å². The van der Waals surface area contributed by atoms with Crippen molar-refractivity contribution in [1.29, 1.82) is 0 Å². The molecule has 0 aromatic heterocycles. The molecule has 2 N–H and O–H groups in total. The lowest BCUT2D eigenvalue weighted by Crippen LogP contribution is -2.44. The number of hydrogen-bond donors (Lipinski definition) is 2. The number of nitrogens with zero attached hydrogens (tertiary/aromatic N) is 1. The van der Waals surface area contributed by atoms with E-state index in [2.05, 4.69) is 29.5 Å². The van der Waals surface area contributed by atoms with Crippen LogP contribution in [0.2, 0.25) is 0 Å². The topological polar surface area (TPSA) is 53.6 Å². The molecule has 5 heteroatoms. The summed E-state index contributed by atoms with van der Waals surface area (Å²) in [5.74, 6) is 0.0450. The number of ether oxygens (including phenoxy) is 1. The molecule has 1 heterocycles. The zero-order valence-corrected chi connectivity index (χ0v) is 11.9. The molecule has 0 unspecified atom stereocenters. The van der Waals surface area contributed by atoms with Crippen LogP contribution in [0.3, 0.4) is 0 Å². The molecule has 0 atom stereocenters. The molecule has 0 radical (unpaired) electrons. The van der Waals surface area contributed by atoms with E-state index in [9.17, 15) is 4.79 Å². The molecule has 1 saturated heterocycles. The maximum atomic E-state index is 11.5. The second-order valence-electron chi connectivity index (χ2n) is 5.56. The summed E-state index contributed by atoms with van der Waals surface area (Å²) in [6.45, 7) is 7.06. The van der Waals surface area contributed by atoms with Gasteiger partial charge in [-0.25, -0.2) is 0 Å². The SMILES string of the molecule is COCCNC(=O)CNCC1(C)CCN(C)CC1. The molecule has 0 spiro atoms. The molecule has 18 heavy (non-hydrogen) atoms. The van der Waals surface area contributed by atoms with Gasteiger partial charge in [0, 0.05) is 20.2 Å². The highest BCUT2D eigenvalue weighted by Crippen LogP contribution is 2.29. The van der Waals surface area contributed by atoms with Crippen molar-refractivity contribution in [2.24, 2.45) is 5.41 Å². The number of amides is 1. The van der Waals surface area contributed by atoms with E-state index in [1.165, 1.54) is 12.8 Å². The van der Waals surface area contributed by atoms with Gasteiger partial charge in [-0.05, 0) is 38.4 Å². The Balaban J connectivity index is 2.11. The highest BCUT2D eigenvalue weighted by atomic mass is 16.5. The maximum absolute atomic E-state index is 11.5. The number of carbonyl (C=O) groups excluding carboxylic acids is 1. The predicted octanol–water partition coefficient (Wildman–Crippen LogP) is 0.0705. The Morgan fingerprint density at radius 1 is 1.39 bits per heavy atom. The van der Waals surface area contributed by atoms with Gasteiger partial charge in [-0.1, -0.05) is 6.92 Å². The molecule has 0 bridgehead atoms. The molecule has 1 aliphatic rings. The van der Waals surface area contributed by atoms with Crippen molar-refractivity contribution in [3.8, 4) is 0 Å². The van der Waals surface area contributed by atoms with Gasteiger partial charge in [-0.3, -0.25) is 4.79 Å². The molecule has 0 saturated carbocycles. The molecular formula is C13H27N3O2. The first-order chi connectivity index (χ1) is 8.56. The molecule has 1 amide bonds. The van der Waals surface area contributed by atoms with Crippen LogP contribution >= 0.6 is 0 Å². The van der Waals surface area contributed by atoms with E-state index in [0.717, 1.165) is 19.6 Å². The van der Waals surface area contributed by atoms with Gasteiger partial charge in [0.05, 0.1) is 13.2 Å². The van der Waals surface area contributed by atoms with Crippen LogP contribution in [0.4, 0.5) is 0 Å². The van der Waals surface area contributed by atoms with Crippen molar-refractivity contribution >= 4 is 5.91 Å². The number of nitrogens with one attached hydrogen (secondary N) is 2. The average Bonchev–Trinajstić information content (AvgIpc) is 2.34. The van der Waals surface area contributed by atoms with E-state index in [1.807, 2.05) is 0 Å². The Morgan fingerprint density at radius 2 is 2.06 bits per heavy atom. The standard InChI is InChI=1S/C13H27N3O2/c1-13(4-7-16(2)8-5-13)11-14-10-12(17)15-6-9-18-3/h14H,4-11H2,1-3H3,(H,15,17). The fourth-order valence-electron chi connectivity index (χ4n) is 2.17. The molecular weight excluding hydrogens is 230 g/mol. The largest absolute Gasteiger partial charge is 0.383 e. The summed E-state index contributed by atoms with van der Waals surface area (Å²) in [4.78, 5) is 13.8. The summed E-state index contributed by atoms with van der Waals surface area (Å²) in [6.07, 6.45) is 2.39. The van der Waals surface area contributed by atoms with Crippen LogP contribution in [-0.2, 0) is 9.53 Å². The van der Waals surface area contributed by atoms with Crippen LogP contribution in [-0.4, -0.2) is 64.3 Å². The first-order valence-corrected chi connectivity index (χ1v) is 6.71. The fourth-order valence-corrected chi connectivity index (χ4v) is 2.17. The predicted molar refractivity (Wildman–Crippen MR) is 72.6 cm³/mol. The molecule has 106 valence electrons.